The summed E-state index contributed by atoms with van der Waals surface area (Å²) in [6.45, 7) is 2.08. The van der Waals surface area contributed by atoms with Gasteiger partial charge in [0.25, 0.3) is 5.78 Å². The van der Waals surface area contributed by atoms with Crippen molar-refractivity contribution in [2.24, 2.45) is 0 Å². The van der Waals surface area contributed by atoms with E-state index < -0.39 is 11.8 Å². The molecule has 0 radical (unpaired) electrons. The molecule has 0 aliphatic carbocycles. The SMILES string of the molecule is CCCCOC(=O)C(=O)COC. The molecule has 4 heteroatoms. The Morgan fingerprint density at radius 1 is 1.33 bits per heavy atom. The Hall–Kier alpha value is -0.900. The van der Waals surface area contributed by atoms with E-state index in [1.165, 1.54) is 7.11 Å². The van der Waals surface area contributed by atoms with Crippen molar-refractivity contribution in [3.63, 3.8) is 0 Å². The first-order valence-electron chi connectivity index (χ1n) is 3.91. The van der Waals surface area contributed by atoms with Gasteiger partial charge in [0, 0.05) is 7.11 Å². The van der Waals surface area contributed by atoms with Gasteiger partial charge in [-0.3, -0.25) is 4.79 Å². The molecule has 0 saturated carbocycles. The zero-order chi connectivity index (χ0) is 9.40. The average Bonchev–Trinajstić information content (AvgIpc) is 2.05. The van der Waals surface area contributed by atoms with Crippen LogP contribution in [0.2, 0.25) is 0 Å². The molecule has 0 heterocycles. The Bertz CT molecular complexity index is 153. The van der Waals surface area contributed by atoms with Gasteiger partial charge < -0.3 is 9.47 Å². The lowest BCUT2D eigenvalue weighted by atomic mass is 10.3. The van der Waals surface area contributed by atoms with E-state index in [0.29, 0.717) is 6.61 Å². The molecule has 0 aromatic rings. The van der Waals surface area contributed by atoms with E-state index in [-0.39, 0.29) is 6.61 Å². The molecule has 0 aliphatic rings. The van der Waals surface area contributed by atoms with Crippen LogP contribution < -0.4 is 0 Å². The maximum atomic E-state index is 10.8. The minimum absolute atomic E-state index is 0.203. The standard InChI is InChI=1S/C8H14O4/c1-3-4-5-12-8(10)7(9)6-11-2/h3-6H2,1-2H3. The molecule has 0 amide bonds. The van der Waals surface area contributed by atoms with Crippen LogP contribution in [-0.4, -0.2) is 32.1 Å². The van der Waals surface area contributed by atoms with Crippen LogP contribution >= 0.6 is 0 Å². The smallest absolute Gasteiger partial charge is 0.377 e. The molecule has 0 aliphatic heterocycles. The number of carbonyl (C=O) groups excluding carboxylic acids is 2. The normalized spacial score (nSPS) is 9.50. The molecule has 0 spiro atoms. The van der Waals surface area contributed by atoms with Crippen molar-refractivity contribution in [2.45, 2.75) is 19.8 Å². The highest BCUT2D eigenvalue weighted by Gasteiger charge is 2.13. The summed E-state index contributed by atoms with van der Waals surface area (Å²) < 4.78 is 9.11. The van der Waals surface area contributed by atoms with Gasteiger partial charge in [0.15, 0.2) is 0 Å². The number of carbonyl (C=O) groups is 2. The highest BCUT2D eigenvalue weighted by atomic mass is 16.5. The van der Waals surface area contributed by atoms with Crippen LogP contribution in [0.4, 0.5) is 0 Å². The summed E-state index contributed by atoms with van der Waals surface area (Å²) in [5.41, 5.74) is 0. The minimum atomic E-state index is -0.801. The van der Waals surface area contributed by atoms with Gasteiger partial charge in [-0.25, -0.2) is 4.79 Å². The van der Waals surface area contributed by atoms with Gasteiger partial charge in [-0.15, -0.1) is 0 Å². The van der Waals surface area contributed by atoms with Crippen molar-refractivity contribution in [2.75, 3.05) is 20.3 Å². The third kappa shape index (κ3) is 4.85. The van der Waals surface area contributed by atoms with Crippen LogP contribution in [0.3, 0.4) is 0 Å². The van der Waals surface area contributed by atoms with Crippen molar-refractivity contribution in [3.8, 4) is 0 Å². The number of ether oxygens (including phenoxy) is 2. The zero-order valence-electron chi connectivity index (χ0n) is 7.46. The topological polar surface area (TPSA) is 52.6 Å². The lowest BCUT2D eigenvalue weighted by molar-refractivity contribution is -0.155. The molecular weight excluding hydrogens is 160 g/mol. The van der Waals surface area contributed by atoms with E-state index >= 15 is 0 Å². The fourth-order valence-electron chi connectivity index (χ4n) is 0.580. The van der Waals surface area contributed by atoms with E-state index in [1.807, 2.05) is 6.92 Å². The lowest BCUT2D eigenvalue weighted by Crippen LogP contribution is -2.22. The second-order valence-electron chi connectivity index (χ2n) is 2.35. The molecule has 0 saturated heterocycles. The highest BCUT2D eigenvalue weighted by Crippen LogP contribution is 1.89. The lowest BCUT2D eigenvalue weighted by Gasteiger charge is -2.01. The second kappa shape index (κ2) is 6.79. The van der Waals surface area contributed by atoms with E-state index in [0.717, 1.165) is 12.8 Å². The van der Waals surface area contributed by atoms with Gasteiger partial charge >= 0.3 is 5.97 Å². The Morgan fingerprint density at radius 2 is 2.00 bits per heavy atom. The number of Topliss-reactive ketones (excluding diaryl/α,β-unsaturated/α-hetero) is 1. The summed E-state index contributed by atoms with van der Waals surface area (Å²) in [5.74, 6) is -1.43. The summed E-state index contributed by atoms with van der Waals surface area (Å²) in [5, 5.41) is 0. The van der Waals surface area contributed by atoms with Gasteiger partial charge in [0.05, 0.1) is 6.61 Å². The third-order valence-electron chi connectivity index (χ3n) is 1.23. The average molecular weight is 174 g/mol. The molecule has 0 aromatic carbocycles. The van der Waals surface area contributed by atoms with E-state index in [4.69, 9.17) is 0 Å². The summed E-state index contributed by atoms with van der Waals surface area (Å²) in [7, 11) is 1.36. The Labute approximate surface area is 71.8 Å². The summed E-state index contributed by atoms with van der Waals surface area (Å²) >= 11 is 0. The molecule has 0 atom stereocenters. The van der Waals surface area contributed by atoms with E-state index in [1.54, 1.807) is 0 Å². The first-order valence-corrected chi connectivity index (χ1v) is 3.91. The largest absolute Gasteiger partial charge is 0.460 e. The van der Waals surface area contributed by atoms with Gasteiger partial charge in [-0.1, -0.05) is 13.3 Å². The predicted octanol–water partition coefficient (Wildman–Crippen LogP) is 0.545. The number of hydrogen-bond acceptors (Lipinski definition) is 4. The minimum Gasteiger partial charge on any atom is -0.460 e. The molecule has 4 nitrogen and oxygen atoms in total. The maximum absolute atomic E-state index is 10.8. The highest BCUT2D eigenvalue weighted by molar-refractivity contribution is 6.34. The first-order chi connectivity index (χ1) is 5.72. The van der Waals surface area contributed by atoms with Gasteiger partial charge in [-0.2, -0.15) is 0 Å². The summed E-state index contributed by atoms with van der Waals surface area (Å²) in [6.07, 6.45) is 1.72. The summed E-state index contributed by atoms with van der Waals surface area (Å²) in [4.78, 5) is 21.5. The van der Waals surface area contributed by atoms with Gasteiger partial charge in [-0.05, 0) is 6.42 Å². The van der Waals surface area contributed by atoms with Crippen LogP contribution in [0.25, 0.3) is 0 Å². The fraction of sp³-hybridized carbons (Fsp3) is 0.750. The van der Waals surface area contributed by atoms with Crippen molar-refractivity contribution in [1.29, 1.82) is 0 Å². The van der Waals surface area contributed by atoms with Crippen molar-refractivity contribution < 1.29 is 19.1 Å². The monoisotopic (exact) mass is 174 g/mol. The Morgan fingerprint density at radius 3 is 2.50 bits per heavy atom. The molecule has 0 unspecified atom stereocenters. The third-order valence-corrected chi connectivity index (χ3v) is 1.23. The quantitative estimate of drug-likeness (QED) is 0.335. The van der Waals surface area contributed by atoms with Crippen LogP contribution in [0.15, 0.2) is 0 Å². The van der Waals surface area contributed by atoms with Gasteiger partial charge in [0.1, 0.15) is 6.61 Å². The number of unbranched alkanes of at least 4 members (excludes halogenated alkanes) is 1. The molecular formula is C8H14O4. The number of rotatable bonds is 6. The first kappa shape index (κ1) is 11.1. The van der Waals surface area contributed by atoms with Crippen molar-refractivity contribution in [3.05, 3.63) is 0 Å². The molecule has 0 aromatic heterocycles. The Balaban J connectivity index is 3.50. The fourth-order valence-corrected chi connectivity index (χ4v) is 0.580. The van der Waals surface area contributed by atoms with Crippen LogP contribution in [0.5, 0.6) is 0 Å². The van der Waals surface area contributed by atoms with E-state index in [9.17, 15) is 9.59 Å². The maximum Gasteiger partial charge on any atom is 0.377 e. The second-order valence-corrected chi connectivity index (χ2v) is 2.35. The molecule has 12 heavy (non-hydrogen) atoms. The summed E-state index contributed by atoms with van der Waals surface area (Å²) in [6, 6.07) is 0. The van der Waals surface area contributed by atoms with E-state index in [2.05, 4.69) is 9.47 Å². The van der Waals surface area contributed by atoms with Crippen LogP contribution in [-0.2, 0) is 19.1 Å². The molecule has 0 rings (SSSR count). The number of esters is 1. The van der Waals surface area contributed by atoms with Crippen molar-refractivity contribution in [1.82, 2.24) is 0 Å². The van der Waals surface area contributed by atoms with Crippen molar-refractivity contribution >= 4 is 11.8 Å². The number of hydrogen-bond donors (Lipinski definition) is 0. The van der Waals surface area contributed by atoms with Crippen LogP contribution in [0.1, 0.15) is 19.8 Å². The number of ketones is 1. The molecule has 0 N–H and O–H groups in total. The molecule has 70 valence electrons. The molecule has 0 fully saturated rings. The number of methoxy groups -OCH3 is 1. The Kier molecular flexibility index (Phi) is 6.28. The predicted molar refractivity (Wildman–Crippen MR) is 42.8 cm³/mol. The van der Waals surface area contributed by atoms with Crippen LogP contribution in [0, 0.1) is 0 Å². The zero-order valence-corrected chi connectivity index (χ0v) is 7.46. The van der Waals surface area contributed by atoms with Gasteiger partial charge in [0.2, 0.25) is 0 Å². The molecule has 0 bridgehead atoms.